The molecule has 2 aromatic carbocycles. The topological polar surface area (TPSA) is 52.5 Å². The summed E-state index contributed by atoms with van der Waals surface area (Å²) in [5.74, 6) is 4.52. The summed E-state index contributed by atoms with van der Waals surface area (Å²) in [7, 11) is 0. The van der Waals surface area contributed by atoms with E-state index in [9.17, 15) is 18.0 Å². The van der Waals surface area contributed by atoms with Crippen LogP contribution in [0.15, 0.2) is 42.5 Å². The number of hydrogen-bond donors (Lipinski definition) is 1. The van der Waals surface area contributed by atoms with Crippen LogP contribution in [-0.2, 0) is 4.74 Å². The molecule has 1 heterocycles. The molecule has 0 bridgehead atoms. The lowest BCUT2D eigenvalue weighted by Gasteiger charge is -2.30. The normalized spacial score (nSPS) is 13.8. The van der Waals surface area contributed by atoms with Crippen molar-refractivity contribution in [3.8, 4) is 28.8 Å². The number of nitrogens with one attached hydrogen (secondary N) is 1. The molecule has 1 N–H and O–H groups in total. The highest BCUT2D eigenvalue weighted by Crippen LogP contribution is 2.43. The zero-order valence-electron chi connectivity index (χ0n) is 19.8. The second kappa shape index (κ2) is 9.95. The summed E-state index contributed by atoms with van der Waals surface area (Å²) in [6, 6.07) is 12.5. The maximum atomic E-state index is 13.1. The third-order valence-electron chi connectivity index (χ3n) is 5.80. The Morgan fingerprint density at radius 1 is 1.17 bits per heavy atom. The standard InChI is InChI=1S/C27H27F3N2O3/c1-4-34-21-12-13-22-23(14-15-27(28,29)30)25(32(24(22)16-21)20-6-5-7-20)18-8-10-19(11-9-18)31-26(33)35-17(2)3/h8-13,16-17,20H,4-7H2,1-3H3,(H,31,33). The van der Waals surface area contributed by atoms with E-state index in [1.54, 1.807) is 50.2 Å². The molecule has 184 valence electrons. The van der Waals surface area contributed by atoms with Crippen LogP contribution in [0.1, 0.15) is 51.6 Å². The molecule has 1 aliphatic carbocycles. The van der Waals surface area contributed by atoms with E-state index in [1.165, 1.54) is 5.92 Å². The number of amides is 1. The van der Waals surface area contributed by atoms with Crippen molar-refractivity contribution in [1.29, 1.82) is 0 Å². The fraction of sp³-hybridized carbons (Fsp3) is 0.370. The number of rotatable bonds is 6. The van der Waals surface area contributed by atoms with Gasteiger partial charge in [-0.2, -0.15) is 13.2 Å². The van der Waals surface area contributed by atoms with Gasteiger partial charge in [-0.15, -0.1) is 0 Å². The van der Waals surface area contributed by atoms with Crippen LogP contribution in [0.5, 0.6) is 5.75 Å². The highest BCUT2D eigenvalue weighted by atomic mass is 19.4. The number of anilines is 1. The van der Waals surface area contributed by atoms with E-state index in [4.69, 9.17) is 9.47 Å². The first kappa shape index (κ1) is 24.5. The second-order valence-electron chi connectivity index (χ2n) is 8.69. The fourth-order valence-electron chi connectivity index (χ4n) is 4.19. The Morgan fingerprint density at radius 3 is 2.46 bits per heavy atom. The maximum Gasteiger partial charge on any atom is 0.458 e. The van der Waals surface area contributed by atoms with E-state index in [2.05, 4.69) is 15.8 Å². The van der Waals surface area contributed by atoms with Gasteiger partial charge in [0.1, 0.15) is 5.75 Å². The Kier molecular flexibility index (Phi) is 6.97. The van der Waals surface area contributed by atoms with Crippen molar-refractivity contribution in [2.45, 2.75) is 58.4 Å². The Bertz CT molecular complexity index is 1280. The highest BCUT2D eigenvalue weighted by Gasteiger charge is 2.29. The van der Waals surface area contributed by atoms with Crippen LogP contribution >= 0.6 is 0 Å². The van der Waals surface area contributed by atoms with Crippen LogP contribution in [0.4, 0.5) is 23.7 Å². The van der Waals surface area contributed by atoms with E-state index >= 15 is 0 Å². The minimum absolute atomic E-state index is 0.157. The number of nitrogens with zero attached hydrogens (tertiary/aromatic N) is 1. The van der Waals surface area contributed by atoms with Crippen LogP contribution < -0.4 is 10.1 Å². The zero-order valence-corrected chi connectivity index (χ0v) is 19.8. The Morgan fingerprint density at radius 2 is 1.89 bits per heavy atom. The van der Waals surface area contributed by atoms with Crippen molar-refractivity contribution < 1.29 is 27.4 Å². The average Bonchev–Trinajstić information content (AvgIpc) is 3.04. The number of aromatic nitrogens is 1. The van der Waals surface area contributed by atoms with Gasteiger partial charge in [0, 0.05) is 29.1 Å². The van der Waals surface area contributed by atoms with Crippen LogP contribution in [0.2, 0.25) is 0 Å². The highest BCUT2D eigenvalue weighted by molar-refractivity contribution is 5.96. The molecule has 0 atom stereocenters. The first-order valence-corrected chi connectivity index (χ1v) is 11.6. The van der Waals surface area contributed by atoms with Gasteiger partial charge in [-0.3, -0.25) is 5.32 Å². The molecule has 1 fully saturated rings. The summed E-state index contributed by atoms with van der Waals surface area (Å²) in [6.45, 7) is 5.87. The molecule has 3 aromatic rings. The van der Waals surface area contributed by atoms with Crippen molar-refractivity contribution in [3.05, 3.63) is 48.0 Å². The van der Waals surface area contributed by atoms with Gasteiger partial charge in [-0.25, -0.2) is 4.79 Å². The molecule has 1 saturated carbocycles. The third kappa shape index (κ3) is 5.56. The third-order valence-corrected chi connectivity index (χ3v) is 5.80. The Labute approximate surface area is 202 Å². The Hall–Kier alpha value is -3.60. The zero-order chi connectivity index (χ0) is 25.2. The van der Waals surface area contributed by atoms with Gasteiger partial charge >= 0.3 is 12.3 Å². The van der Waals surface area contributed by atoms with E-state index < -0.39 is 12.3 Å². The van der Waals surface area contributed by atoms with Crippen molar-refractivity contribution in [1.82, 2.24) is 4.57 Å². The summed E-state index contributed by atoms with van der Waals surface area (Å²) in [5, 5.41) is 3.31. The molecule has 0 radical (unpaired) electrons. The first-order chi connectivity index (χ1) is 16.7. The molecular formula is C27H27F3N2O3. The number of carbonyl (C=O) groups is 1. The quantitative estimate of drug-likeness (QED) is 0.374. The smallest absolute Gasteiger partial charge is 0.458 e. The fourth-order valence-corrected chi connectivity index (χ4v) is 4.19. The number of alkyl halides is 3. The van der Waals surface area contributed by atoms with Crippen LogP contribution in [0.3, 0.4) is 0 Å². The van der Waals surface area contributed by atoms with E-state index in [0.29, 0.717) is 40.3 Å². The Balaban J connectivity index is 1.86. The number of fused-ring (bicyclic) bond motifs is 1. The lowest BCUT2D eigenvalue weighted by atomic mass is 9.92. The number of hydrogen-bond acceptors (Lipinski definition) is 3. The monoisotopic (exact) mass is 484 g/mol. The molecule has 5 nitrogen and oxygen atoms in total. The number of halogens is 3. The number of ether oxygens (including phenoxy) is 2. The maximum absolute atomic E-state index is 13.1. The summed E-state index contributed by atoms with van der Waals surface area (Å²) in [6.07, 6.45) is -2.53. The minimum atomic E-state index is -4.61. The van der Waals surface area contributed by atoms with Gasteiger partial charge in [0.15, 0.2) is 0 Å². The predicted molar refractivity (Wildman–Crippen MR) is 130 cm³/mol. The average molecular weight is 485 g/mol. The molecule has 0 aliphatic heterocycles. The molecule has 1 amide bonds. The van der Waals surface area contributed by atoms with Crippen LogP contribution in [0.25, 0.3) is 22.2 Å². The largest absolute Gasteiger partial charge is 0.494 e. The van der Waals surface area contributed by atoms with Gasteiger partial charge < -0.3 is 14.0 Å². The van der Waals surface area contributed by atoms with Gasteiger partial charge in [-0.05, 0) is 69.9 Å². The number of benzene rings is 2. The van der Waals surface area contributed by atoms with Crippen LogP contribution in [0, 0.1) is 11.8 Å². The van der Waals surface area contributed by atoms with Crippen LogP contribution in [-0.4, -0.2) is 29.5 Å². The SMILES string of the molecule is CCOc1ccc2c(C#CC(F)(F)F)c(-c3ccc(NC(=O)OC(C)C)cc3)n(C3CCC3)c2c1. The lowest BCUT2D eigenvalue weighted by molar-refractivity contribution is -0.0696. The molecular weight excluding hydrogens is 457 g/mol. The summed E-state index contributed by atoms with van der Waals surface area (Å²) in [5.41, 5.74) is 2.98. The van der Waals surface area contributed by atoms with Crippen molar-refractivity contribution in [3.63, 3.8) is 0 Å². The van der Waals surface area contributed by atoms with Gasteiger partial charge in [0.2, 0.25) is 0 Å². The van der Waals surface area contributed by atoms with Crippen molar-refractivity contribution >= 4 is 22.7 Å². The first-order valence-electron chi connectivity index (χ1n) is 11.6. The van der Waals surface area contributed by atoms with Crippen molar-refractivity contribution in [2.24, 2.45) is 0 Å². The molecule has 4 rings (SSSR count). The lowest BCUT2D eigenvalue weighted by Crippen LogP contribution is -2.18. The summed E-state index contributed by atoms with van der Waals surface area (Å²) >= 11 is 0. The predicted octanol–water partition coefficient (Wildman–Crippen LogP) is 7.30. The molecule has 0 unspecified atom stereocenters. The number of carbonyl (C=O) groups excluding carboxylic acids is 1. The van der Waals surface area contributed by atoms with E-state index in [1.807, 2.05) is 13.0 Å². The van der Waals surface area contributed by atoms with E-state index in [-0.39, 0.29) is 12.1 Å². The van der Waals surface area contributed by atoms with Crippen molar-refractivity contribution in [2.75, 3.05) is 11.9 Å². The molecule has 35 heavy (non-hydrogen) atoms. The van der Waals surface area contributed by atoms with Gasteiger partial charge in [0.05, 0.1) is 29.5 Å². The van der Waals surface area contributed by atoms with Gasteiger partial charge in [-0.1, -0.05) is 18.1 Å². The molecule has 1 aliphatic rings. The molecule has 8 heteroatoms. The molecule has 0 spiro atoms. The summed E-state index contributed by atoms with van der Waals surface area (Å²) in [4.78, 5) is 11.9. The van der Waals surface area contributed by atoms with E-state index in [0.717, 1.165) is 24.8 Å². The molecule has 0 saturated heterocycles. The summed E-state index contributed by atoms with van der Waals surface area (Å²) < 4.78 is 52.2. The second-order valence-corrected chi connectivity index (χ2v) is 8.69. The van der Waals surface area contributed by atoms with Gasteiger partial charge in [0.25, 0.3) is 0 Å². The minimum Gasteiger partial charge on any atom is -0.494 e. The molecule has 1 aromatic heterocycles.